The van der Waals surface area contributed by atoms with Gasteiger partial charge in [0.1, 0.15) is 5.75 Å². The fraction of sp³-hybridized carbons (Fsp3) is 0.207. The van der Waals surface area contributed by atoms with Gasteiger partial charge in [-0.2, -0.15) is 0 Å². The maximum absolute atomic E-state index is 12.7. The predicted octanol–water partition coefficient (Wildman–Crippen LogP) is 5.57. The number of benzene rings is 3. The van der Waals surface area contributed by atoms with Gasteiger partial charge in [0.25, 0.3) is 0 Å². The van der Waals surface area contributed by atoms with Crippen LogP contribution >= 0.6 is 0 Å². The van der Waals surface area contributed by atoms with E-state index in [1.807, 2.05) is 25.1 Å². The van der Waals surface area contributed by atoms with Crippen molar-refractivity contribution in [2.45, 2.75) is 26.7 Å². The van der Waals surface area contributed by atoms with Crippen LogP contribution in [-0.2, 0) is 4.79 Å². The van der Waals surface area contributed by atoms with Crippen LogP contribution < -0.4 is 14.2 Å². The van der Waals surface area contributed by atoms with Crippen LogP contribution in [0.15, 0.2) is 66.2 Å². The van der Waals surface area contributed by atoms with Crippen LogP contribution in [0.4, 0.5) is 0 Å². The molecule has 0 heterocycles. The molecule has 35 heavy (non-hydrogen) atoms. The molecule has 0 aliphatic heterocycles. The summed E-state index contributed by atoms with van der Waals surface area (Å²) in [5.41, 5.74) is 3.50. The Hall–Kier alpha value is -4.19. The largest absolute Gasteiger partial charge is 0.493 e. The highest BCUT2D eigenvalue weighted by Gasteiger charge is 2.32. The number of hydrogen-bond donors (Lipinski definition) is 0. The molecule has 3 aromatic rings. The summed E-state index contributed by atoms with van der Waals surface area (Å²) in [6.45, 7) is 5.81. The number of Topliss-reactive ketones (excluding diaryl/α,β-unsaturated/α-hetero) is 2. The number of ketones is 2. The van der Waals surface area contributed by atoms with Crippen molar-refractivity contribution >= 4 is 23.6 Å². The molecule has 0 saturated heterocycles. The molecule has 0 fully saturated rings. The number of aryl methyl sites for hydroxylation is 1. The molecule has 0 amide bonds. The first-order valence-corrected chi connectivity index (χ1v) is 11.3. The van der Waals surface area contributed by atoms with Gasteiger partial charge in [0, 0.05) is 11.1 Å². The molecule has 0 saturated carbocycles. The van der Waals surface area contributed by atoms with E-state index in [0.717, 1.165) is 11.1 Å². The monoisotopic (exact) mass is 470 g/mol. The minimum absolute atomic E-state index is 0.0884. The maximum Gasteiger partial charge on any atom is 0.349 e. The smallest absolute Gasteiger partial charge is 0.349 e. The lowest BCUT2D eigenvalue weighted by Gasteiger charge is -2.15. The van der Waals surface area contributed by atoms with Crippen LogP contribution in [0.1, 0.15) is 57.2 Å². The van der Waals surface area contributed by atoms with Gasteiger partial charge < -0.3 is 14.2 Å². The van der Waals surface area contributed by atoms with Crippen LogP contribution in [0.5, 0.6) is 17.2 Å². The summed E-state index contributed by atoms with van der Waals surface area (Å²) in [4.78, 5) is 37.8. The fourth-order valence-corrected chi connectivity index (χ4v) is 3.96. The molecule has 3 aromatic carbocycles. The second-order valence-electron chi connectivity index (χ2n) is 8.63. The summed E-state index contributed by atoms with van der Waals surface area (Å²) in [7, 11) is 1.45. The van der Waals surface area contributed by atoms with E-state index in [4.69, 9.17) is 14.2 Å². The number of fused-ring (bicyclic) bond motifs is 1. The zero-order chi connectivity index (χ0) is 25.1. The van der Waals surface area contributed by atoms with Gasteiger partial charge in [-0.05, 0) is 53.8 Å². The van der Waals surface area contributed by atoms with Crippen molar-refractivity contribution in [1.29, 1.82) is 0 Å². The first-order valence-electron chi connectivity index (χ1n) is 11.3. The highest BCUT2D eigenvalue weighted by Crippen LogP contribution is 2.32. The van der Waals surface area contributed by atoms with E-state index in [1.54, 1.807) is 42.5 Å². The van der Waals surface area contributed by atoms with Gasteiger partial charge in [-0.25, -0.2) is 4.79 Å². The second-order valence-corrected chi connectivity index (χ2v) is 8.63. The fourth-order valence-electron chi connectivity index (χ4n) is 3.96. The number of carbonyl (C=O) groups excluding carboxylic acids is 3. The SMILES string of the molecule is COc1cc(C=C2C(=O)c3ccccc3C2=O)ccc1OC(=O)COc1cc(C)ccc1C(C)C. The zero-order valence-corrected chi connectivity index (χ0v) is 20.1. The summed E-state index contributed by atoms with van der Waals surface area (Å²) >= 11 is 0. The quantitative estimate of drug-likeness (QED) is 0.194. The number of ether oxygens (including phenoxy) is 3. The van der Waals surface area contributed by atoms with Crippen molar-refractivity contribution < 1.29 is 28.6 Å². The van der Waals surface area contributed by atoms with Gasteiger partial charge in [0.05, 0.1) is 12.7 Å². The van der Waals surface area contributed by atoms with Crippen LogP contribution in [-0.4, -0.2) is 31.3 Å². The van der Waals surface area contributed by atoms with E-state index in [1.165, 1.54) is 13.2 Å². The van der Waals surface area contributed by atoms with Crippen molar-refractivity contribution in [2.24, 2.45) is 0 Å². The summed E-state index contributed by atoms with van der Waals surface area (Å²) < 4.78 is 16.6. The Labute approximate surface area is 204 Å². The topological polar surface area (TPSA) is 78.9 Å². The molecule has 4 rings (SSSR count). The molecular weight excluding hydrogens is 444 g/mol. The van der Waals surface area contributed by atoms with Gasteiger partial charge in [-0.3, -0.25) is 9.59 Å². The number of rotatable bonds is 7. The average Bonchev–Trinajstić information content (AvgIpc) is 3.08. The molecular formula is C29H26O6. The molecule has 0 bridgehead atoms. The molecule has 1 aliphatic carbocycles. The lowest BCUT2D eigenvalue weighted by atomic mass is 10.0. The number of carbonyl (C=O) groups is 3. The molecule has 0 radical (unpaired) electrons. The normalized spacial score (nSPS) is 12.5. The third kappa shape index (κ3) is 5.01. The number of methoxy groups -OCH3 is 1. The van der Waals surface area contributed by atoms with E-state index in [0.29, 0.717) is 28.2 Å². The molecule has 0 N–H and O–H groups in total. The summed E-state index contributed by atoms with van der Waals surface area (Å²) in [6, 6.07) is 17.5. The molecule has 0 aromatic heterocycles. The molecule has 1 aliphatic rings. The molecule has 6 heteroatoms. The highest BCUT2D eigenvalue weighted by molar-refractivity contribution is 6.41. The Morgan fingerprint density at radius 1 is 0.886 bits per heavy atom. The van der Waals surface area contributed by atoms with E-state index in [-0.39, 0.29) is 35.4 Å². The van der Waals surface area contributed by atoms with Gasteiger partial charge in [-0.15, -0.1) is 0 Å². The Morgan fingerprint density at radius 2 is 1.57 bits per heavy atom. The van der Waals surface area contributed by atoms with Crippen LogP contribution in [0.3, 0.4) is 0 Å². The predicted molar refractivity (Wildman–Crippen MR) is 132 cm³/mol. The minimum atomic E-state index is -0.581. The van der Waals surface area contributed by atoms with Crippen LogP contribution in [0.2, 0.25) is 0 Å². The van der Waals surface area contributed by atoms with Crippen LogP contribution in [0, 0.1) is 6.92 Å². The summed E-state index contributed by atoms with van der Waals surface area (Å²) in [6.07, 6.45) is 1.52. The van der Waals surface area contributed by atoms with Crippen molar-refractivity contribution in [2.75, 3.05) is 13.7 Å². The average molecular weight is 471 g/mol. The van der Waals surface area contributed by atoms with Gasteiger partial charge in [0.2, 0.25) is 0 Å². The Balaban J connectivity index is 1.48. The number of esters is 1. The first kappa shape index (κ1) is 24.0. The third-order valence-corrected chi connectivity index (χ3v) is 5.76. The van der Waals surface area contributed by atoms with E-state index in [9.17, 15) is 14.4 Å². The Bertz CT molecular complexity index is 1310. The second kappa shape index (κ2) is 9.97. The van der Waals surface area contributed by atoms with Crippen molar-refractivity contribution in [3.8, 4) is 17.2 Å². The van der Waals surface area contributed by atoms with Crippen molar-refractivity contribution in [3.63, 3.8) is 0 Å². The van der Waals surface area contributed by atoms with Gasteiger partial charge >= 0.3 is 5.97 Å². The molecule has 0 atom stereocenters. The Morgan fingerprint density at radius 3 is 2.20 bits per heavy atom. The third-order valence-electron chi connectivity index (χ3n) is 5.76. The minimum Gasteiger partial charge on any atom is -0.493 e. The lowest BCUT2D eigenvalue weighted by molar-refractivity contribution is -0.136. The summed E-state index contributed by atoms with van der Waals surface area (Å²) in [5, 5.41) is 0. The first-order chi connectivity index (χ1) is 16.8. The number of allylic oxidation sites excluding steroid dienone is 1. The zero-order valence-electron chi connectivity index (χ0n) is 20.1. The highest BCUT2D eigenvalue weighted by atomic mass is 16.6. The van der Waals surface area contributed by atoms with Gasteiger partial charge in [-0.1, -0.05) is 56.3 Å². The Kier molecular flexibility index (Phi) is 6.82. The van der Waals surface area contributed by atoms with E-state index in [2.05, 4.69) is 13.8 Å². The molecule has 0 spiro atoms. The van der Waals surface area contributed by atoms with Gasteiger partial charge in [0.15, 0.2) is 29.7 Å². The van der Waals surface area contributed by atoms with E-state index < -0.39 is 5.97 Å². The van der Waals surface area contributed by atoms with Crippen molar-refractivity contribution in [3.05, 3.63) is 94.1 Å². The molecule has 0 unspecified atom stereocenters. The summed E-state index contributed by atoms with van der Waals surface area (Å²) in [5.74, 6) is 0.198. The van der Waals surface area contributed by atoms with Crippen LogP contribution in [0.25, 0.3) is 6.08 Å². The van der Waals surface area contributed by atoms with E-state index >= 15 is 0 Å². The molecule has 6 nitrogen and oxygen atoms in total. The maximum atomic E-state index is 12.7. The number of hydrogen-bond acceptors (Lipinski definition) is 6. The standard InChI is InChI=1S/C29H26O6/c1-17(2)20-11-9-18(3)13-25(20)34-16-27(30)35-24-12-10-19(15-26(24)33-4)14-23-28(31)21-7-5-6-8-22(21)29(23)32/h5-15,17H,16H2,1-4H3. The lowest BCUT2D eigenvalue weighted by Crippen LogP contribution is -2.18. The molecule has 178 valence electrons. The van der Waals surface area contributed by atoms with Crippen molar-refractivity contribution in [1.82, 2.24) is 0 Å².